The number of carbonyl (C=O) groups excluding carboxylic acids is 1. The number of nitrogens with one attached hydrogen (secondary N) is 1. The largest absolute Gasteiger partial charge is 0.483 e. The van der Waals surface area contributed by atoms with Gasteiger partial charge >= 0.3 is 6.18 Å². The Morgan fingerprint density at radius 3 is 2.45 bits per heavy atom. The lowest BCUT2D eigenvalue weighted by Gasteiger charge is -2.15. The summed E-state index contributed by atoms with van der Waals surface area (Å²) in [5.74, 6) is -4.99. The van der Waals surface area contributed by atoms with E-state index >= 15 is 0 Å². The summed E-state index contributed by atoms with van der Waals surface area (Å²) in [5, 5.41) is 2.64. The molecule has 2 aromatic rings. The number of halogens is 6. The van der Waals surface area contributed by atoms with Gasteiger partial charge in [0.2, 0.25) is 5.91 Å². The van der Waals surface area contributed by atoms with Crippen molar-refractivity contribution < 1.29 is 35.9 Å². The second-order valence-electron chi connectivity index (χ2n) is 6.78. The molecule has 0 radical (unpaired) electrons. The van der Waals surface area contributed by atoms with Crippen molar-refractivity contribution in [3.05, 3.63) is 59.2 Å². The molecule has 1 heterocycles. The number of carbonyl (C=O) groups is 1. The number of aromatic nitrogens is 1. The molecule has 1 aromatic heterocycles. The van der Waals surface area contributed by atoms with Crippen LogP contribution in [-0.4, -0.2) is 23.7 Å². The third kappa shape index (κ3) is 5.18. The Bertz CT molecular complexity index is 878. The monoisotopic (exact) mass is 418 g/mol. The Morgan fingerprint density at radius 1 is 1.24 bits per heavy atom. The maximum absolute atomic E-state index is 13.8. The number of nitrogens with zero attached hydrogens (tertiary/aromatic N) is 1. The van der Waals surface area contributed by atoms with Gasteiger partial charge in [-0.1, -0.05) is 0 Å². The van der Waals surface area contributed by atoms with Crippen LogP contribution in [0.5, 0.6) is 5.75 Å². The van der Waals surface area contributed by atoms with Crippen LogP contribution < -0.4 is 10.1 Å². The predicted molar refractivity (Wildman–Crippen MR) is 89.5 cm³/mol. The molecule has 156 valence electrons. The Kier molecular flexibility index (Phi) is 5.72. The number of hydrogen-bond acceptors (Lipinski definition) is 3. The van der Waals surface area contributed by atoms with Gasteiger partial charge in [-0.15, -0.1) is 0 Å². The summed E-state index contributed by atoms with van der Waals surface area (Å²) in [6.07, 6.45) is -3.15. The van der Waals surface area contributed by atoms with Crippen molar-refractivity contribution in [3.8, 4) is 5.75 Å². The van der Waals surface area contributed by atoms with Crippen LogP contribution in [0.2, 0.25) is 0 Å². The molecule has 3 atom stereocenters. The SMILES string of the molecule is C[C@@H](NC(=O)C1CC1c1c(F)cc(F)cc1F)c1ccc(OCC(F)(F)F)cn1. The normalized spacial score (nSPS) is 19.6. The molecule has 0 spiro atoms. The van der Waals surface area contributed by atoms with Crippen LogP contribution >= 0.6 is 0 Å². The van der Waals surface area contributed by atoms with Crippen LogP contribution in [-0.2, 0) is 4.79 Å². The number of hydrogen-bond donors (Lipinski definition) is 1. The van der Waals surface area contributed by atoms with E-state index in [1.54, 1.807) is 6.92 Å². The summed E-state index contributed by atoms with van der Waals surface area (Å²) < 4.78 is 81.7. The van der Waals surface area contributed by atoms with Crippen molar-refractivity contribution in [2.45, 2.75) is 31.5 Å². The molecule has 1 fully saturated rings. The van der Waals surface area contributed by atoms with E-state index in [1.807, 2.05) is 0 Å². The van der Waals surface area contributed by atoms with Gasteiger partial charge in [-0.25, -0.2) is 13.2 Å². The van der Waals surface area contributed by atoms with Crippen LogP contribution in [0.4, 0.5) is 26.3 Å². The van der Waals surface area contributed by atoms with Crippen molar-refractivity contribution in [1.29, 1.82) is 0 Å². The van der Waals surface area contributed by atoms with Gasteiger partial charge in [-0.05, 0) is 25.5 Å². The van der Waals surface area contributed by atoms with Crippen LogP contribution in [0.1, 0.15) is 36.6 Å². The lowest BCUT2D eigenvalue weighted by molar-refractivity contribution is -0.153. The van der Waals surface area contributed by atoms with Gasteiger partial charge < -0.3 is 10.1 Å². The fourth-order valence-electron chi connectivity index (χ4n) is 3.00. The first-order valence-corrected chi connectivity index (χ1v) is 8.65. The average Bonchev–Trinajstić information content (AvgIpc) is 3.39. The van der Waals surface area contributed by atoms with E-state index in [9.17, 15) is 31.1 Å². The van der Waals surface area contributed by atoms with E-state index < -0.39 is 54.0 Å². The summed E-state index contributed by atoms with van der Waals surface area (Å²) in [5.41, 5.74) is 0.0533. The summed E-state index contributed by atoms with van der Waals surface area (Å²) in [6, 6.07) is 3.24. The minimum Gasteiger partial charge on any atom is -0.483 e. The molecule has 1 aliphatic rings. The molecule has 0 aliphatic heterocycles. The van der Waals surface area contributed by atoms with E-state index in [1.165, 1.54) is 12.1 Å². The first-order chi connectivity index (χ1) is 13.5. The van der Waals surface area contributed by atoms with Crippen molar-refractivity contribution in [1.82, 2.24) is 10.3 Å². The van der Waals surface area contributed by atoms with E-state index in [0.717, 1.165) is 6.20 Å². The fourth-order valence-corrected chi connectivity index (χ4v) is 3.00. The topological polar surface area (TPSA) is 51.2 Å². The van der Waals surface area contributed by atoms with Crippen molar-refractivity contribution in [2.24, 2.45) is 5.92 Å². The first-order valence-electron chi connectivity index (χ1n) is 8.65. The number of pyridine rings is 1. The summed E-state index contributed by atoms with van der Waals surface area (Å²) in [7, 11) is 0. The van der Waals surface area contributed by atoms with Gasteiger partial charge in [0.25, 0.3) is 0 Å². The number of amides is 1. The van der Waals surface area contributed by atoms with Crippen molar-refractivity contribution in [2.75, 3.05) is 6.61 Å². The minimum absolute atomic E-state index is 0.0749. The summed E-state index contributed by atoms with van der Waals surface area (Å²) >= 11 is 0. The summed E-state index contributed by atoms with van der Waals surface area (Å²) in [6.45, 7) is 0.160. The predicted octanol–water partition coefficient (Wildman–Crippen LogP) is 4.42. The lowest BCUT2D eigenvalue weighted by atomic mass is 10.1. The van der Waals surface area contributed by atoms with Gasteiger partial charge in [-0.3, -0.25) is 9.78 Å². The molecule has 1 N–H and O–H groups in total. The maximum atomic E-state index is 13.8. The third-order valence-corrected chi connectivity index (χ3v) is 4.51. The highest BCUT2D eigenvalue weighted by atomic mass is 19.4. The van der Waals surface area contributed by atoms with E-state index in [4.69, 9.17) is 0 Å². The van der Waals surface area contributed by atoms with Gasteiger partial charge in [-0.2, -0.15) is 13.2 Å². The standard InChI is InChI=1S/C19H16F6N2O2/c1-9(16-3-2-11(7-26-16)29-8-19(23,24)25)27-18(28)13-6-12(13)17-14(21)4-10(20)5-15(17)22/h2-5,7,9,12-13H,6,8H2,1H3,(H,27,28)/t9-,12?,13?/m1/s1. The van der Waals surface area contributed by atoms with Gasteiger partial charge in [0.15, 0.2) is 6.61 Å². The highest BCUT2D eigenvalue weighted by molar-refractivity contribution is 5.83. The van der Waals surface area contributed by atoms with Crippen LogP contribution in [0.15, 0.2) is 30.5 Å². The highest BCUT2D eigenvalue weighted by Crippen LogP contribution is 2.49. The average molecular weight is 418 g/mol. The number of ether oxygens (including phenoxy) is 1. The van der Waals surface area contributed by atoms with Crippen LogP contribution in [0.3, 0.4) is 0 Å². The molecule has 1 aromatic carbocycles. The number of rotatable bonds is 6. The van der Waals surface area contributed by atoms with E-state index in [0.29, 0.717) is 17.8 Å². The Hall–Kier alpha value is -2.78. The molecule has 1 aliphatic carbocycles. The zero-order chi connectivity index (χ0) is 21.3. The number of benzene rings is 1. The quantitative estimate of drug-likeness (QED) is 0.707. The first kappa shape index (κ1) is 20.9. The van der Waals surface area contributed by atoms with Gasteiger partial charge in [0.1, 0.15) is 23.2 Å². The molecule has 29 heavy (non-hydrogen) atoms. The second kappa shape index (κ2) is 7.92. The van der Waals surface area contributed by atoms with Gasteiger partial charge in [0, 0.05) is 29.5 Å². The van der Waals surface area contributed by atoms with Crippen LogP contribution in [0, 0.1) is 23.4 Å². The fraction of sp³-hybridized carbons (Fsp3) is 0.368. The molecule has 10 heteroatoms. The van der Waals surface area contributed by atoms with E-state index in [2.05, 4.69) is 15.0 Å². The Morgan fingerprint density at radius 2 is 1.90 bits per heavy atom. The molecule has 1 amide bonds. The molecule has 0 bridgehead atoms. The van der Waals surface area contributed by atoms with Crippen molar-refractivity contribution >= 4 is 5.91 Å². The zero-order valence-corrected chi connectivity index (χ0v) is 15.1. The molecule has 4 nitrogen and oxygen atoms in total. The van der Waals surface area contributed by atoms with E-state index in [-0.39, 0.29) is 17.7 Å². The van der Waals surface area contributed by atoms with Crippen molar-refractivity contribution in [3.63, 3.8) is 0 Å². The third-order valence-electron chi connectivity index (χ3n) is 4.51. The molecule has 0 saturated heterocycles. The molecular formula is C19H16F6N2O2. The summed E-state index contributed by atoms with van der Waals surface area (Å²) in [4.78, 5) is 16.3. The molecule has 2 unspecified atom stereocenters. The number of alkyl halides is 3. The molecular weight excluding hydrogens is 402 g/mol. The molecule has 3 rings (SSSR count). The molecule has 1 saturated carbocycles. The lowest BCUT2D eigenvalue weighted by Crippen LogP contribution is -2.29. The zero-order valence-electron chi connectivity index (χ0n) is 15.1. The minimum atomic E-state index is -4.47. The van der Waals surface area contributed by atoms with Gasteiger partial charge in [0.05, 0.1) is 17.9 Å². The second-order valence-corrected chi connectivity index (χ2v) is 6.78. The van der Waals surface area contributed by atoms with Crippen LogP contribution in [0.25, 0.3) is 0 Å². The Labute approximate surface area is 161 Å². The maximum Gasteiger partial charge on any atom is 0.422 e. The highest BCUT2D eigenvalue weighted by Gasteiger charge is 2.47. The Balaban J connectivity index is 1.58. The smallest absolute Gasteiger partial charge is 0.422 e.